The molecular weight excluding hydrogens is 188 g/mol. The molecular formula is C2H7Na3O4P. The van der Waals surface area contributed by atoms with Crippen molar-refractivity contribution < 1.29 is 19.5 Å². The van der Waals surface area contributed by atoms with Crippen molar-refractivity contribution in [3.8, 4) is 0 Å². The van der Waals surface area contributed by atoms with E-state index in [0.29, 0.717) is 0 Å². The first-order valence-corrected chi connectivity index (χ1v) is 3.51. The van der Waals surface area contributed by atoms with Gasteiger partial charge in [0, 0.05) is 88.7 Å². The van der Waals surface area contributed by atoms with Crippen molar-refractivity contribution in [2.75, 3.05) is 12.8 Å². The van der Waals surface area contributed by atoms with Crippen LogP contribution in [0, 0.1) is 0 Å². The maximum absolute atomic E-state index is 9.77. The van der Waals surface area contributed by atoms with Crippen LogP contribution in [0.15, 0.2) is 0 Å². The molecule has 8 heteroatoms. The summed E-state index contributed by atoms with van der Waals surface area (Å²) in [7, 11) is -3.92. The molecule has 0 bridgehead atoms. The molecule has 0 aliphatic carbocycles. The van der Waals surface area contributed by atoms with E-state index in [9.17, 15) is 4.57 Å². The minimum atomic E-state index is -3.92. The van der Waals surface area contributed by atoms with Crippen LogP contribution in [0.3, 0.4) is 0 Å². The summed E-state index contributed by atoms with van der Waals surface area (Å²) in [5.74, 6) is 0. The second kappa shape index (κ2) is 12.1. The van der Waals surface area contributed by atoms with Crippen LogP contribution in [0.25, 0.3) is 0 Å². The van der Waals surface area contributed by atoms with Crippen LogP contribution in [0.5, 0.6) is 0 Å². The minimum Gasteiger partial charge on any atom is -0.396 e. The van der Waals surface area contributed by atoms with Crippen molar-refractivity contribution in [3.63, 3.8) is 0 Å². The van der Waals surface area contributed by atoms with Crippen LogP contribution in [-0.2, 0) is 4.57 Å². The van der Waals surface area contributed by atoms with Gasteiger partial charge in [0.1, 0.15) is 0 Å². The third-order valence-electron chi connectivity index (χ3n) is 0.391. The van der Waals surface area contributed by atoms with Crippen molar-refractivity contribution in [1.82, 2.24) is 0 Å². The molecule has 4 nitrogen and oxygen atoms in total. The van der Waals surface area contributed by atoms with Gasteiger partial charge in [0.15, 0.2) is 0 Å². The van der Waals surface area contributed by atoms with Crippen LogP contribution in [0.1, 0.15) is 0 Å². The Balaban J connectivity index is -0.0000000600. The van der Waals surface area contributed by atoms with E-state index in [1.807, 2.05) is 0 Å². The summed E-state index contributed by atoms with van der Waals surface area (Å²) >= 11 is 0. The van der Waals surface area contributed by atoms with Crippen LogP contribution in [-0.4, -0.2) is 116 Å². The van der Waals surface area contributed by atoms with Crippen LogP contribution >= 0.6 is 7.60 Å². The number of aliphatic hydroxyl groups is 1. The number of hydrogen-bond donors (Lipinski definition) is 3. The molecule has 0 saturated carbocycles. The summed E-state index contributed by atoms with van der Waals surface area (Å²) in [5, 5.41) is 7.91. The molecule has 0 fully saturated rings. The normalized spacial score (nSPS) is 8.30. The minimum absolute atomic E-state index is 0. The summed E-state index contributed by atoms with van der Waals surface area (Å²) in [5.41, 5.74) is 0. The quantitative estimate of drug-likeness (QED) is 0.352. The van der Waals surface area contributed by atoms with Crippen LogP contribution in [0.4, 0.5) is 0 Å². The van der Waals surface area contributed by atoms with Gasteiger partial charge in [-0.1, -0.05) is 0 Å². The maximum atomic E-state index is 9.77. The molecule has 0 heterocycles. The standard InChI is InChI=1S/C2H7O4P.3Na/c3-1-2-7(4,5)6;;;/h3H,1-2H2,(H2,4,5,6);;;. The van der Waals surface area contributed by atoms with Gasteiger partial charge < -0.3 is 14.9 Å². The van der Waals surface area contributed by atoms with Gasteiger partial charge in [-0.2, -0.15) is 0 Å². The Bertz CT molecular complexity index is 92.5. The van der Waals surface area contributed by atoms with Gasteiger partial charge >= 0.3 is 7.60 Å². The predicted octanol–water partition coefficient (Wildman–Crippen LogP) is -1.99. The Morgan fingerprint density at radius 3 is 1.40 bits per heavy atom. The van der Waals surface area contributed by atoms with E-state index in [2.05, 4.69) is 0 Å². The van der Waals surface area contributed by atoms with Crippen molar-refractivity contribution >= 4 is 96.3 Å². The molecule has 0 spiro atoms. The zero-order chi connectivity index (χ0) is 5.91. The zero-order valence-corrected chi connectivity index (χ0v) is 13.5. The molecule has 10 heavy (non-hydrogen) atoms. The summed E-state index contributed by atoms with van der Waals surface area (Å²) in [4.78, 5) is 15.9. The third-order valence-corrected chi connectivity index (χ3v) is 1.17. The molecule has 0 aromatic heterocycles. The van der Waals surface area contributed by atoms with Crippen LogP contribution < -0.4 is 0 Å². The molecule has 0 aliphatic rings. The summed E-state index contributed by atoms with van der Waals surface area (Å²) in [6.45, 7) is -0.454. The summed E-state index contributed by atoms with van der Waals surface area (Å²) in [6, 6.07) is 0. The average Bonchev–Trinajstić information content (AvgIpc) is 1.30. The molecule has 3 N–H and O–H groups in total. The molecule has 0 saturated heterocycles. The molecule has 0 atom stereocenters. The van der Waals surface area contributed by atoms with Gasteiger partial charge in [0.2, 0.25) is 0 Å². The Morgan fingerprint density at radius 1 is 1.10 bits per heavy atom. The Hall–Kier alpha value is 3.11. The van der Waals surface area contributed by atoms with E-state index in [1.165, 1.54) is 0 Å². The van der Waals surface area contributed by atoms with Crippen molar-refractivity contribution in [2.45, 2.75) is 0 Å². The first-order valence-electron chi connectivity index (χ1n) is 1.72. The molecule has 0 aromatic carbocycles. The van der Waals surface area contributed by atoms with Gasteiger partial charge in [-0.15, -0.1) is 0 Å². The second-order valence-corrected chi connectivity index (χ2v) is 2.89. The van der Waals surface area contributed by atoms with Gasteiger partial charge in [-0.25, -0.2) is 0 Å². The van der Waals surface area contributed by atoms with E-state index in [0.717, 1.165) is 0 Å². The van der Waals surface area contributed by atoms with Gasteiger partial charge in [0.05, 0.1) is 12.8 Å². The van der Waals surface area contributed by atoms with E-state index >= 15 is 0 Å². The van der Waals surface area contributed by atoms with Gasteiger partial charge in [-0.05, 0) is 0 Å². The van der Waals surface area contributed by atoms with E-state index in [4.69, 9.17) is 14.9 Å². The fourth-order valence-electron chi connectivity index (χ4n) is 0.130. The molecule has 0 unspecified atom stereocenters. The topological polar surface area (TPSA) is 77.8 Å². The SMILES string of the molecule is O=P(O)(O)CCO.[Na].[Na].[Na]. The molecule has 0 amide bonds. The Morgan fingerprint density at radius 2 is 1.40 bits per heavy atom. The maximum Gasteiger partial charge on any atom is 0.327 e. The van der Waals surface area contributed by atoms with Crippen LogP contribution in [0.2, 0.25) is 0 Å². The van der Waals surface area contributed by atoms with Gasteiger partial charge in [-0.3, -0.25) is 4.57 Å². The average molecular weight is 195 g/mol. The monoisotopic (exact) mass is 195 g/mol. The number of aliphatic hydroxyl groups excluding tert-OH is 1. The largest absolute Gasteiger partial charge is 0.396 e. The molecule has 0 aliphatic heterocycles. The van der Waals surface area contributed by atoms with Crippen molar-refractivity contribution in [2.24, 2.45) is 0 Å². The van der Waals surface area contributed by atoms with Crippen molar-refractivity contribution in [3.05, 3.63) is 0 Å². The Kier molecular flexibility index (Phi) is 28.1. The first kappa shape index (κ1) is 23.2. The molecule has 3 radical (unpaired) electrons. The van der Waals surface area contributed by atoms with Gasteiger partial charge in [0.25, 0.3) is 0 Å². The molecule has 0 rings (SSSR count). The van der Waals surface area contributed by atoms with E-state index in [-0.39, 0.29) is 88.7 Å². The van der Waals surface area contributed by atoms with E-state index < -0.39 is 20.4 Å². The summed E-state index contributed by atoms with van der Waals surface area (Å²) < 4.78 is 9.77. The molecule has 47 valence electrons. The summed E-state index contributed by atoms with van der Waals surface area (Å²) in [6.07, 6.45) is -0.438. The third kappa shape index (κ3) is 22.5. The fourth-order valence-corrected chi connectivity index (χ4v) is 0.391. The first-order chi connectivity index (χ1) is 3.06. The number of rotatable bonds is 2. The van der Waals surface area contributed by atoms with E-state index in [1.54, 1.807) is 0 Å². The van der Waals surface area contributed by atoms with Crippen molar-refractivity contribution in [1.29, 1.82) is 0 Å². The molecule has 0 aromatic rings. The fraction of sp³-hybridized carbons (Fsp3) is 1.00. The Labute approximate surface area is 126 Å². The number of hydrogen-bond acceptors (Lipinski definition) is 2. The smallest absolute Gasteiger partial charge is 0.327 e. The zero-order valence-electron chi connectivity index (χ0n) is 6.61. The second-order valence-electron chi connectivity index (χ2n) is 1.11. The predicted molar refractivity (Wildman–Crippen MR) is 41.3 cm³/mol.